The molecule has 1 atom stereocenters. The first-order valence-electron chi connectivity index (χ1n) is 6.35. The number of halogens is 1. The summed E-state index contributed by atoms with van der Waals surface area (Å²) >= 11 is 5.97. The summed E-state index contributed by atoms with van der Waals surface area (Å²) in [6.07, 6.45) is 3.82. The van der Waals surface area contributed by atoms with Crippen LogP contribution in [0.3, 0.4) is 0 Å². The predicted octanol–water partition coefficient (Wildman–Crippen LogP) is 3.92. The molecule has 19 heavy (non-hydrogen) atoms. The number of benzene rings is 1. The molecule has 104 valence electrons. The van der Waals surface area contributed by atoms with Gasteiger partial charge in [-0.25, -0.2) is 4.79 Å². The van der Waals surface area contributed by atoms with Gasteiger partial charge in [0, 0.05) is 30.4 Å². The summed E-state index contributed by atoms with van der Waals surface area (Å²) in [5.41, 5.74) is 1.81. The fourth-order valence-corrected chi connectivity index (χ4v) is 2.04. The smallest absolute Gasteiger partial charge is 0.328 e. The van der Waals surface area contributed by atoms with E-state index in [2.05, 4.69) is 18.7 Å². The van der Waals surface area contributed by atoms with Crippen LogP contribution in [0.1, 0.15) is 25.8 Å². The van der Waals surface area contributed by atoms with Crippen molar-refractivity contribution in [3.05, 3.63) is 34.9 Å². The molecule has 1 N–H and O–H groups in total. The maximum atomic E-state index is 10.6. The zero-order valence-electron chi connectivity index (χ0n) is 11.6. The summed E-state index contributed by atoms with van der Waals surface area (Å²) < 4.78 is 0. The van der Waals surface area contributed by atoms with Crippen molar-refractivity contribution in [1.82, 2.24) is 0 Å². The number of hydrogen-bond acceptors (Lipinski definition) is 2. The molecule has 4 heteroatoms. The molecule has 1 unspecified atom stereocenters. The van der Waals surface area contributed by atoms with E-state index in [1.165, 1.54) is 0 Å². The van der Waals surface area contributed by atoms with E-state index in [4.69, 9.17) is 16.7 Å². The summed E-state index contributed by atoms with van der Waals surface area (Å²) in [6.45, 7) is 5.27. The number of carboxylic acids is 1. The lowest BCUT2D eigenvalue weighted by atomic mass is 10.1. The molecule has 0 aromatic heterocycles. The number of anilines is 1. The normalized spacial score (nSPS) is 12.6. The van der Waals surface area contributed by atoms with Gasteiger partial charge in [0.2, 0.25) is 0 Å². The van der Waals surface area contributed by atoms with E-state index in [1.54, 1.807) is 12.1 Å². The minimum Gasteiger partial charge on any atom is -0.478 e. The first kappa shape index (κ1) is 15.6. The molecule has 0 radical (unpaired) electrons. The van der Waals surface area contributed by atoms with Gasteiger partial charge in [-0.05, 0) is 35.8 Å². The highest BCUT2D eigenvalue weighted by Gasteiger charge is 2.09. The molecule has 1 aromatic rings. The molecular formula is C15H20ClNO2. The van der Waals surface area contributed by atoms with Gasteiger partial charge in [-0.1, -0.05) is 31.9 Å². The van der Waals surface area contributed by atoms with Gasteiger partial charge in [-0.15, -0.1) is 0 Å². The lowest BCUT2D eigenvalue weighted by molar-refractivity contribution is -0.131. The third kappa shape index (κ3) is 4.95. The average molecular weight is 282 g/mol. The second-order valence-corrected chi connectivity index (χ2v) is 5.21. The van der Waals surface area contributed by atoms with Gasteiger partial charge >= 0.3 is 5.97 Å². The largest absolute Gasteiger partial charge is 0.478 e. The molecule has 1 aromatic carbocycles. The monoisotopic (exact) mass is 281 g/mol. The standard InChI is InChI=1S/C15H20ClNO2/c1-4-11(2)10-17(3)14-7-6-13(16)9-12(14)5-8-15(18)19/h5-9,11H,4,10H2,1-3H3,(H,18,19)/b8-5+. The second kappa shape index (κ2) is 7.19. The van der Waals surface area contributed by atoms with Gasteiger partial charge in [0.25, 0.3) is 0 Å². The van der Waals surface area contributed by atoms with Crippen molar-refractivity contribution in [3.8, 4) is 0 Å². The fraction of sp³-hybridized carbons (Fsp3) is 0.400. The number of hydrogen-bond donors (Lipinski definition) is 1. The maximum Gasteiger partial charge on any atom is 0.328 e. The van der Waals surface area contributed by atoms with Gasteiger partial charge in [0.05, 0.1) is 0 Å². The molecule has 3 nitrogen and oxygen atoms in total. The minimum atomic E-state index is -0.962. The highest BCUT2D eigenvalue weighted by Crippen LogP contribution is 2.25. The van der Waals surface area contributed by atoms with E-state index in [0.717, 1.165) is 30.3 Å². The van der Waals surface area contributed by atoms with Crippen molar-refractivity contribution in [1.29, 1.82) is 0 Å². The quantitative estimate of drug-likeness (QED) is 0.804. The molecule has 0 amide bonds. The maximum absolute atomic E-state index is 10.6. The van der Waals surface area contributed by atoms with Crippen molar-refractivity contribution in [2.75, 3.05) is 18.5 Å². The first-order chi connectivity index (χ1) is 8.93. The van der Waals surface area contributed by atoms with E-state index in [1.807, 2.05) is 19.2 Å². The van der Waals surface area contributed by atoms with Gasteiger partial charge in [-0.3, -0.25) is 0 Å². The lowest BCUT2D eigenvalue weighted by Crippen LogP contribution is -2.24. The molecule has 0 aliphatic heterocycles. The van der Waals surface area contributed by atoms with E-state index >= 15 is 0 Å². The van der Waals surface area contributed by atoms with E-state index in [-0.39, 0.29) is 0 Å². The molecule has 0 spiro atoms. The first-order valence-corrected chi connectivity index (χ1v) is 6.73. The summed E-state index contributed by atoms with van der Waals surface area (Å²) in [4.78, 5) is 12.8. The molecule has 0 fully saturated rings. The van der Waals surface area contributed by atoms with Crippen LogP contribution in [0.15, 0.2) is 24.3 Å². The fourth-order valence-electron chi connectivity index (χ4n) is 1.86. The Morgan fingerprint density at radius 3 is 2.79 bits per heavy atom. The molecule has 1 rings (SSSR count). The minimum absolute atomic E-state index is 0.581. The Morgan fingerprint density at radius 1 is 1.53 bits per heavy atom. The van der Waals surface area contributed by atoms with Crippen LogP contribution in [0.5, 0.6) is 0 Å². The van der Waals surface area contributed by atoms with Crippen LogP contribution in [0.25, 0.3) is 6.08 Å². The molecular weight excluding hydrogens is 262 g/mol. The Morgan fingerprint density at radius 2 is 2.21 bits per heavy atom. The van der Waals surface area contributed by atoms with Crippen LogP contribution in [0.2, 0.25) is 5.02 Å². The zero-order valence-corrected chi connectivity index (χ0v) is 12.3. The highest BCUT2D eigenvalue weighted by atomic mass is 35.5. The number of nitrogens with zero attached hydrogens (tertiary/aromatic N) is 1. The zero-order chi connectivity index (χ0) is 14.4. The third-order valence-corrected chi connectivity index (χ3v) is 3.32. The van der Waals surface area contributed by atoms with Crippen LogP contribution in [-0.2, 0) is 4.79 Å². The third-order valence-electron chi connectivity index (χ3n) is 3.09. The number of aliphatic carboxylic acids is 1. The predicted molar refractivity (Wildman–Crippen MR) is 80.8 cm³/mol. The summed E-state index contributed by atoms with van der Waals surface area (Å²) in [6, 6.07) is 5.53. The molecule has 0 aliphatic carbocycles. The van der Waals surface area contributed by atoms with Crippen molar-refractivity contribution in [3.63, 3.8) is 0 Å². The van der Waals surface area contributed by atoms with Crippen LogP contribution in [-0.4, -0.2) is 24.7 Å². The van der Waals surface area contributed by atoms with E-state index in [0.29, 0.717) is 10.9 Å². The molecule has 0 saturated carbocycles. The summed E-state index contributed by atoms with van der Waals surface area (Å²) in [5, 5.41) is 9.33. The van der Waals surface area contributed by atoms with Gasteiger partial charge in [0.1, 0.15) is 0 Å². The molecule has 0 bridgehead atoms. The van der Waals surface area contributed by atoms with E-state index in [9.17, 15) is 4.79 Å². The van der Waals surface area contributed by atoms with Crippen LogP contribution in [0.4, 0.5) is 5.69 Å². The van der Waals surface area contributed by atoms with Gasteiger partial charge < -0.3 is 10.0 Å². The Bertz CT molecular complexity index is 471. The Balaban J connectivity index is 3.02. The Hall–Kier alpha value is -1.48. The van der Waals surface area contributed by atoms with Crippen LogP contribution in [0, 0.1) is 5.92 Å². The lowest BCUT2D eigenvalue weighted by Gasteiger charge is -2.24. The average Bonchev–Trinajstić information content (AvgIpc) is 2.36. The topological polar surface area (TPSA) is 40.5 Å². The van der Waals surface area contributed by atoms with Gasteiger partial charge in [-0.2, -0.15) is 0 Å². The van der Waals surface area contributed by atoms with E-state index < -0.39 is 5.97 Å². The van der Waals surface area contributed by atoms with Crippen LogP contribution >= 0.6 is 11.6 Å². The molecule has 0 aliphatic rings. The van der Waals surface area contributed by atoms with Crippen molar-refractivity contribution < 1.29 is 9.90 Å². The Kier molecular flexibility index (Phi) is 5.90. The summed E-state index contributed by atoms with van der Waals surface area (Å²) in [5.74, 6) is -0.382. The summed E-state index contributed by atoms with van der Waals surface area (Å²) in [7, 11) is 2.01. The van der Waals surface area contributed by atoms with Gasteiger partial charge in [0.15, 0.2) is 0 Å². The van der Waals surface area contributed by atoms with Crippen LogP contribution < -0.4 is 4.90 Å². The second-order valence-electron chi connectivity index (χ2n) is 4.77. The van der Waals surface area contributed by atoms with Crippen molar-refractivity contribution in [2.45, 2.75) is 20.3 Å². The van der Waals surface area contributed by atoms with Crippen molar-refractivity contribution >= 4 is 29.3 Å². The molecule has 0 heterocycles. The number of carboxylic acid groups (broad SMARTS) is 1. The highest BCUT2D eigenvalue weighted by molar-refractivity contribution is 6.30. The van der Waals surface area contributed by atoms with Crippen molar-refractivity contribution in [2.24, 2.45) is 5.92 Å². The number of carbonyl (C=O) groups is 1. The molecule has 0 saturated heterocycles. The Labute approximate surface area is 119 Å². The SMILES string of the molecule is CCC(C)CN(C)c1ccc(Cl)cc1/C=C/C(=O)O. The number of rotatable bonds is 6.